The number of nitrogens with zero attached hydrogens (tertiary/aromatic N) is 4. The fourth-order valence-electron chi connectivity index (χ4n) is 4.67. The Balaban J connectivity index is 1.31. The van der Waals surface area contributed by atoms with Crippen LogP contribution in [-0.2, 0) is 4.79 Å². The van der Waals surface area contributed by atoms with Gasteiger partial charge >= 0.3 is 0 Å². The summed E-state index contributed by atoms with van der Waals surface area (Å²) >= 11 is 1.60. The van der Waals surface area contributed by atoms with E-state index in [1.165, 1.54) is 30.8 Å². The number of thiazole rings is 1. The molecule has 2 aromatic rings. The summed E-state index contributed by atoms with van der Waals surface area (Å²) in [6, 6.07) is 10.9. The first-order chi connectivity index (χ1) is 15.0. The fourth-order valence-corrected chi connectivity index (χ4v) is 5.67. The van der Waals surface area contributed by atoms with Gasteiger partial charge < -0.3 is 10.2 Å². The van der Waals surface area contributed by atoms with E-state index in [4.69, 9.17) is 4.98 Å². The lowest BCUT2D eigenvalue weighted by Crippen LogP contribution is -2.55. The van der Waals surface area contributed by atoms with Gasteiger partial charge in [-0.1, -0.05) is 44.2 Å². The molecule has 2 fully saturated rings. The maximum Gasteiger partial charge on any atom is 0.240 e. The molecule has 1 N–H and O–H groups in total. The number of anilines is 1. The number of piperidine rings is 1. The normalized spacial score (nSPS) is 21.5. The van der Waals surface area contributed by atoms with Crippen LogP contribution in [0, 0.1) is 0 Å². The van der Waals surface area contributed by atoms with E-state index in [0.29, 0.717) is 23.6 Å². The lowest BCUT2D eigenvalue weighted by molar-refractivity contribution is -0.117. The first-order valence-electron chi connectivity index (χ1n) is 11.5. The first kappa shape index (κ1) is 22.4. The lowest BCUT2D eigenvalue weighted by Gasteiger charge is -2.42. The second-order valence-corrected chi connectivity index (χ2v) is 10.2. The number of aromatic nitrogens is 1. The molecule has 1 amide bonds. The highest BCUT2D eigenvalue weighted by Gasteiger charge is 2.27. The number of rotatable bonds is 6. The molecule has 1 atom stereocenters. The van der Waals surface area contributed by atoms with Crippen LogP contribution in [0.2, 0.25) is 0 Å². The Kier molecular flexibility index (Phi) is 7.38. The third-order valence-electron chi connectivity index (χ3n) is 6.36. The number of carbonyl (C=O) groups is 1. The Bertz CT molecular complexity index is 860. The van der Waals surface area contributed by atoms with E-state index in [-0.39, 0.29) is 5.91 Å². The predicted octanol–water partition coefficient (Wildman–Crippen LogP) is 3.58. The standard InChI is InChI=1S/C24H35N5OS/c1-18(2)23-22(19-8-5-4-6-9-19)26-24(31-23)25-21(30)17-28-12-14-29(15-13-28)20-10-7-11-27(3)16-20/h4-6,8-9,18,20H,7,10-17H2,1-3H3,(H,25,26,30). The summed E-state index contributed by atoms with van der Waals surface area (Å²) in [4.78, 5) is 26.0. The van der Waals surface area contributed by atoms with E-state index < -0.39 is 0 Å². The van der Waals surface area contributed by atoms with E-state index in [1.807, 2.05) is 18.2 Å². The van der Waals surface area contributed by atoms with Crippen molar-refractivity contribution in [3.63, 3.8) is 0 Å². The zero-order chi connectivity index (χ0) is 21.8. The third kappa shape index (κ3) is 5.71. The van der Waals surface area contributed by atoms with Crippen LogP contribution in [0.3, 0.4) is 0 Å². The molecule has 31 heavy (non-hydrogen) atoms. The van der Waals surface area contributed by atoms with Gasteiger partial charge in [0.15, 0.2) is 5.13 Å². The van der Waals surface area contributed by atoms with Gasteiger partial charge in [0.1, 0.15) is 0 Å². The number of carbonyl (C=O) groups excluding carboxylic acids is 1. The highest BCUT2D eigenvalue weighted by Crippen LogP contribution is 2.36. The van der Waals surface area contributed by atoms with Crippen LogP contribution in [0.5, 0.6) is 0 Å². The number of amides is 1. The molecule has 2 aliphatic rings. The second-order valence-electron chi connectivity index (χ2n) is 9.17. The molecule has 168 valence electrons. The van der Waals surface area contributed by atoms with Crippen molar-refractivity contribution >= 4 is 22.4 Å². The zero-order valence-electron chi connectivity index (χ0n) is 19.0. The molecule has 0 saturated carbocycles. The minimum absolute atomic E-state index is 0.0366. The van der Waals surface area contributed by atoms with Gasteiger partial charge in [-0.05, 0) is 32.4 Å². The largest absolute Gasteiger partial charge is 0.305 e. The number of hydrogen-bond donors (Lipinski definition) is 1. The van der Waals surface area contributed by atoms with Crippen LogP contribution < -0.4 is 5.32 Å². The number of likely N-dealkylation sites (N-methyl/N-ethyl adjacent to an activating group) is 1. The van der Waals surface area contributed by atoms with Crippen molar-refractivity contribution in [3.8, 4) is 11.3 Å². The van der Waals surface area contributed by atoms with Crippen LogP contribution in [-0.4, -0.2) is 84.5 Å². The van der Waals surface area contributed by atoms with Crippen molar-refractivity contribution < 1.29 is 4.79 Å². The van der Waals surface area contributed by atoms with Gasteiger partial charge in [0.2, 0.25) is 5.91 Å². The van der Waals surface area contributed by atoms with Crippen LogP contribution in [0.25, 0.3) is 11.3 Å². The van der Waals surface area contributed by atoms with Crippen molar-refractivity contribution in [2.24, 2.45) is 0 Å². The average molecular weight is 442 g/mol. The molecule has 6 nitrogen and oxygen atoms in total. The Morgan fingerprint density at radius 1 is 1.16 bits per heavy atom. The van der Waals surface area contributed by atoms with Crippen LogP contribution in [0.15, 0.2) is 30.3 Å². The smallest absolute Gasteiger partial charge is 0.240 e. The Morgan fingerprint density at radius 2 is 1.90 bits per heavy atom. The molecular formula is C24H35N5OS. The quantitative estimate of drug-likeness (QED) is 0.743. The second kappa shape index (κ2) is 10.2. The van der Waals surface area contributed by atoms with Gasteiger partial charge in [0.05, 0.1) is 12.2 Å². The number of likely N-dealkylation sites (tertiary alicyclic amines) is 1. The number of benzene rings is 1. The van der Waals surface area contributed by atoms with Gasteiger partial charge in [-0.15, -0.1) is 11.3 Å². The molecule has 0 spiro atoms. The molecule has 2 saturated heterocycles. The molecule has 0 bridgehead atoms. The summed E-state index contributed by atoms with van der Waals surface area (Å²) in [6.45, 7) is 11.2. The summed E-state index contributed by atoms with van der Waals surface area (Å²) < 4.78 is 0. The summed E-state index contributed by atoms with van der Waals surface area (Å²) in [5.74, 6) is 0.403. The molecule has 0 aliphatic carbocycles. The molecule has 1 aromatic heterocycles. The highest BCUT2D eigenvalue weighted by atomic mass is 32.1. The Labute approximate surface area is 190 Å². The lowest BCUT2D eigenvalue weighted by atomic mass is 10.0. The molecule has 3 heterocycles. The van der Waals surface area contributed by atoms with E-state index in [9.17, 15) is 4.79 Å². The summed E-state index contributed by atoms with van der Waals surface area (Å²) in [5, 5.41) is 3.77. The van der Waals surface area contributed by atoms with Crippen molar-refractivity contribution in [1.29, 1.82) is 0 Å². The summed E-state index contributed by atoms with van der Waals surface area (Å²) in [5.41, 5.74) is 2.09. The Hall–Kier alpha value is -1.80. The van der Waals surface area contributed by atoms with Crippen molar-refractivity contribution in [1.82, 2.24) is 19.7 Å². The van der Waals surface area contributed by atoms with Gasteiger partial charge in [-0.2, -0.15) is 0 Å². The summed E-state index contributed by atoms with van der Waals surface area (Å²) in [7, 11) is 2.22. The topological polar surface area (TPSA) is 51.7 Å². The summed E-state index contributed by atoms with van der Waals surface area (Å²) in [6.07, 6.45) is 2.59. The third-order valence-corrected chi connectivity index (χ3v) is 7.63. The van der Waals surface area contributed by atoms with E-state index in [0.717, 1.165) is 37.4 Å². The zero-order valence-corrected chi connectivity index (χ0v) is 19.8. The van der Waals surface area contributed by atoms with Crippen LogP contribution in [0.4, 0.5) is 5.13 Å². The van der Waals surface area contributed by atoms with Crippen molar-refractivity contribution in [2.45, 2.75) is 38.6 Å². The number of piperazine rings is 1. The van der Waals surface area contributed by atoms with Crippen molar-refractivity contribution in [2.75, 3.05) is 58.2 Å². The van der Waals surface area contributed by atoms with Gasteiger partial charge in [0, 0.05) is 49.2 Å². The maximum atomic E-state index is 12.7. The Morgan fingerprint density at radius 3 is 2.58 bits per heavy atom. The maximum absolute atomic E-state index is 12.7. The minimum atomic E-state index is 0.0366. The van der Waals surface area contributed by atoms with Crippen molar-refractivity contribution in [3.05, 3.63) is 35.2 Å². The molecule has 1 aromatic carbocycles. The fraction of sp³-hybridized carbons (Fsp3) is 0.583. The van der Waals surface area contributed by atoms with Crippen LogP contribution in [0.1, 0.15) is 37.5 Å². The van der Waals surface area contributed by atoms with Crippen LogP contribution >= 0.6 is 11.3 Å². The van der Waals surface area contributed by atoms with E-state index in [1.54, 1.807) is 11.3 Å². The molecule has 1 unspecified atom stereocenters. The van der Waals surface area contributed by atoms with Gasteiger partial charge in [-0.3, -0.25) is 14.6 Å². The molecule has 7 heteroatoms. The number of nitrogens with one attached hydrogen (secondary N) is 1. The van der Waals surface area contributed by atoms with Gasteiger partial charge in [-0.25, -0.2) is 4.98 Å². The van der Waals surface area contributed by atoms with E-state index >= 15 is 0 Å². The predicted molar refractivity (Wildman–Crippen MR) is 129 cm³/mol. The molecular weight excluding hydrogens is 406 g/mol. The molecule has 2 aliphatic heterocycles. The molecule has 0 radical (unpaired) electrons. The first-order valence-corrected chi connectivity index (χ1v) is 12.3. The average Bonchev–Trinajstić information content (AvgIpc) is 3.19. The van der Waals surface area contributed by atoms with Gasteiger partial charge in [0.25, 0.3) is 0 Å². The number of hydrogen-bond acceptors (Lipinski definition) is 6. The highest BCUT2D eigenvalue weighted by molar-refractivity contribution is 7.16. The molecule has 4 rings (SSSR count). The SMILES string of the molecule is CC(C)c1sc(NC(=O)CN2CCN(C3CCCN(C)C3)CC2)nc1-c1ccccc1. The monoisotopic (exact) mass is 441 g/mol. The van der Waals surface area contributed by atoms with E-state index in [2.05, 4.69) is 53.0 Å². The minimum Gasteiger partial charge on any atom is -0.305 e.